The minimum Gasteiger partial charge on any atom is -0.388 e. The minimum atomic E-state index is -4.55. The summed E-state index contributed by atoms with van der Waals surface area (Å²) in [5.74, 6) is -0.847. The molecule has 128 heavy (non-hydrogen) atoms. The Hall–Kier alpha value is -12.2. The van der Waals surface area contributed by atoms with Gasteiger partial charge in [0.05, 0.1) is 95.7 Å². The number of nitrogens with one attached hydrogen (secondary N) is 4. The van der Waals surface area contributed by atoms with Gasteiger partial charge in [-0.3, -0.25) is 39.1 Å². The molecule has 7 fully saturated rings. The second-order valence-electron chi connectivity index (χ2n) is 32.8. The summed E-state index contributed by atoms with van der Waals surface area (Å²) in [6.07, 6.45) is 6.21. The van der Waals surface area contributed by atoms with Gasteiger partial charge in [-0.25, -0.2) is 38.0 Å². The number of nitrogens with zero attached hydrogens (tertiary/aromatic N) is 16. The van der Waals surface area contributed by atoms with E-state index in [9.17, 15) is 92.3 Å². The first-order valence-corrected chi connectivity index (χ1v) is 40.6. The number of aryl methyl sites for hydroxylation is 2. The highest BCUT2D eigenvalue weighted by Crippen LogP contribution is 2.46. The molecule has 7 aliphatic rings. The lowest BCUT2D eigenvalue weighted by Crippen LogP contribution is -2.65. The van der Waals surface area contributed by atoms with Crippen LogP contribution in [0.15, 0.2) is 141 Å². The molecule has 4 saturated heterocycles. The highest BCUT2D eigenvalue weighted by Gasteiger charge is 2.55. The van der Waals surface area contributed by atoms with Gasteiger partial charge in [0.1, 0.15) is 68.3 Å². The maximum Gasteiger partial charge on any atom is 0.417 e. The summed E-state index contributed by atoms with van der Waals surface area (Å²) in [6, 6.07) is 8.23. The largest absolute Gasteiger partial charge is 0.417 e. The molecule has 0 radical (unpaired) electrons. The maximum atomic E-state index is 13.4. The summed E-state index contributed by atoms with van der Waals surface area (Å²) < 4.78 is 183. The smallest absolute Gasteiger partial charge is 0.388 e. The van der Waals surface area contributed by atoms with Crippen LogP contribution in [0.4, 0.5) is 52.7 Å². The van der Waals surface area contributed by atoms with Crippen molar-refractivity contribution in [3.05, 3.63) is 237 Å². The number of aliphatic hydroxyl groups excluding tert-OH is 3. The third-order valence-electron chi connectivity index (χ3n) is 23.9. The summed E-state index contributed by atoms with van der Waals surface area (Å²) in [5.41, 5.74) is -3.95. The summed E-state index contributed by atoms with van der Waals surface area (Å²) in [5, 5.41) is 71.6. The molecule has 674 valence electrons. The van der Waals surface area contributed by atoms with Gasteiger partial charge in [-0.2, -0.15) is 73.1 Å². The fraction of sp³-hybridized carbons (Fsp3) is 0.429. The fourth-order valence-electron chi connectivity index (χ4n) is 16.1. The molecular formula is C84H82F12N20O12. The van der Waals surface area contributed by atoms with E-state index in [0.717, 1.165) is 91.1 Å². The molecule has 19 rings (SSSR count). The number of halogens is 12. The van der Waals surface area contributed by atoms with E-state index in [0.29, 0.717) is 70.8 Å². The van der Waals surface area contributed by atoms with Crippen LogP contribution in [0, 0.1) is 13.8 Å². The number of aliphatic hydroxyl groups is 4. The lowest BCUT2D eigenvalue weighted by molar-refractivity contribution is -0.141. The highest BCUT2D eigenvalue weighted by atomic mass is 19.4. The van der Waals surface area contributed by atoms with Crippen LogP contribution in [0.25, 0.3) is 22.6 Å². The third-order valence-corrected chi connectivity index (χ3v) is 23.9. The molecule has 16 heterocycles. The lowest BCUT2D eigenvalue weighted by atomic mass is 9.74. The van der Waals surface area contributed by atoms with Crippen molar-refractivity contribution in [2.24, 2.45) is 0 Å². The van der Waals surface area contributed by atoms with E-state index in [1.54, 1.807) is 42.4 Å². The van der Waals surface area contributed by atoms with Gasteiger partial charge in [0.15, 0.2) is 22.6 Å². The topological polar surface area (TPSA) is 407 Å². The summed E-state index contributed by atoms with van der Waals surface area (Å²) in [7, 11) is 0. The van der Waals surface area contributed by atoms with E-state index < -0.39 is 117 Å². The zero-order chi connectivity index (χ0) is 90.8. The molecule has 3 saturated carbocycles. The number of amides is 4. The molecule has 0 bridgehead atoms. The van der Waals surface area contributed by atoms with Crippen molar-refractivity contribution in [3.8, 4) is 0 Å². The van der Waals surface area contributed by atoms with Gasteiger partial charge in [0, 0.05) is 126 Å². The van der Waals surface area contributed by atoms with Crippen LogP contribution in [0.1, 0.15) is 203 Å². The molecular weight excluding hydrogens is 1710 g/mol. The molecule has 8 N–H and O–H groups in total. The van der Waals surface area contributed by atoms with Crippen molar-refractivity contribution in [1.82, 2.24) is 99.6 Å². The summed E-state index contributed by atoms with van der Waals surface area (Å²) >= 11 is 0. The number of rotatable bonds is 15. The van der Waals surface area contributed by atoms with Gasteiger partial charge in [0.2, 0.25) is 0 Å². The first-order valence-electron chi connectivity index (χ1n) is 40.6. The molecule has 44 heteroatoms. The molecule has 8 atom stereocenters. The van der Waals surface area contributed by atoms with Gasteiger partial charge in [-0.1, -0.05) is 0 Å². The summed E-state index contributed by atoms with van der Waals surface area (Å²) in [4.78, 5) is 86.3. The lowest BCUT2D eigenvalue weighted by Gasteiger charge is -2.48. The van der Waals surface area contributed by atoms with E-state index in [-0.39, 0.29) is 124 Å². The molecule has 32 nitrogen and oxygen atoms in total. The van der Waals surface area contributed by atoms with E-state index in [2.05, 4.69) is 81.5 Å². The Kier molecular flexibility index (Phi) is 24.0. The Balaban J connectivity index is 0.000000125. The van der Waals surface area contributed by atoms with Gasteiger partial charge in [-0.15, -0.1) is 0 Å². The van der Waals surface area contributed by atoms with Gasteiger partial charge >= 0.3 is 24.7 Å². The predicted molar refractivity (Wildman–Crippen MR) is 421 cm³/mol. The van der Waals surface area contributed by atoms with Crippen LogP contribution in [0.3, 0.4) is 0 Å². The number of carbonyl (C=O) groups excluding carboxylic acids is 4. The van der Waals surface area contributed by atoms with E-state index in [4.69, 9.17) is 18.9 Å². The van der Waals surface area contributed by atoms with Crippen molar-refractivity contribution in [2.45, 2.75) is 174 Å². The number of pyridine rings is 4. The number of alkyl halides is 12. The monoisotopic (exact) mass is 1790 g/mol. The van der Waals surface area contributed by atoms with Crippen molar-refractivity contribution < 1.29 is 111 Å². The Labute approximate surface area is 717 Å². The quantitative estimate of drug-likeness (QED) is 0.0442. The van der Waals surface area contributed by atoms with Crippen LogP contribution in [-0.4, -0.2) is 199 Å². The molecule has 4 amide bonds. The molecule has 8 unspecified atom stereocenters. The number of ether oxygens (including phenoxy) is 4. The number of hydrogen-bond acceptors (Lipinski definition) is 24. The first kappa shape index (κ1) is 89.2. The minimum absolute atomic E-state index is 0.0965. The molecule has 4 aliphatic heterocycles. The Bertz CT molecular complexity index is 6120. The fourth-order valence-corrected chi connectivity index (χ4v) is 16.1. The van der Waals surface area contributed by atoms with Gasteiger partial charge in [0.25, 0.3) is 23.6 Å². The number of carbonyl (C=O) groups is 4. The van der Waals surface area contributed by atoms with Crippen molar-refractivity contribution >= 4 is 46.2 Å². The van der Waals surface area contributed by atoms with E-state index in [1.807, 2.05) is 25.5 Å². The number of fused-ring (bicyclic) bond motifs is 4. The van der Waals surface area contributed by atoms with Gasteiger partial charge in [-0.05, 0) is 148 Å². The maximum absolute atomic E-state index is 13.4. The van der Waals surface area contributed by atoms with Crippen LogP contribution in [0.2, 0.25) is 0 Å². The van der Waals surface area contributed by atoms with E-state index >= 15 is 0 Å². The molecule has 0 aromatic carbocycles. The first-order chi connectivity index (χ1) is 60.8. The van der Waals surface area contributed by atoms with E-state index in [1.165, 1.54) is 57.3 Å². The van der Waals surface area contributed by atoms with Crippen molar-refractivity contribution in [3.63, 3.8) is 0 Å². The zero-order valence-electron chi connectivity index (χ0n) is 68.2. The predicted octanol–water partition coefficient (Wildman–Crippen LogP) is 9.84. The normalized spacial score (nSPS) is 23.9. The number of hydrogen-bond donors (Lipinski definition) is 8. The second kappa shape index (κ2) is 34.4. The molecule has 0 spiro atoms. The SMILES string of the molecule is CC1(O)COCCC1(NC(=O)c1cnn2cc(C3CC3)cnc12)c1ccc(C(F)(F)F)cn1.Cc1cnc2c(C(=O)NC3(c4ccc(C(F)(F)F)cn4)CCOCC3O)cnn2c1.Cc1nn2cc(C3CC3)cnc2c1C(=O)NC1(c2ccc(C(F)(F)F)cn2)CCOCC1O.O=C(NC1(c2ccc(C(F)(F)F)cn2)CCOCC1O)c1cnn2cc(C3CC3)cnc12. The van der Waals surface area contributed by atoms with Gasteiger partial charge < -0.3 is 60.6 Å². The third kappa shape index (κ3) is 18.0. The van der Waals surface area contributed by atoms with Crippen molar-refractivity contribution in [2.75, 3.05) is 52.9 Å². The van der Waals surface area contributed by atoms with Crippen LogP contribution < -0.4 is 21.3 Å². The van der Waals surface area contributed by atoms with Crippen molar-refractivity contribution in [1.29, 1.82) is 0 Å². The highest BCUT2D eigenvalue weighted by molar-refractivity contribution is 6.03. The average Bonchev–Trinajstić information content (AvgIpc) is 1.17. The van der Waals surface area contributed by atoms with Crippen LogP contribution >= 0.6 is 0 Å². The molecule has 12 aromatic rings. The Morgan fingerprint density at radius 2 is 0.719 bits per heavy atom. The second-order valence-corrected chi connectivity index (χ2v) is 32.8. The Morgan fingerprint density at radius 3 is 1.06 bits per heavy atom. The Morgan fingerprint density at radius 1 is 0.391 bits per heavy atom. The summed E-state index contributed by atoms with van der Waals surface area (Å²) in [6.45, 7) is 5.30. The molecule has 3 aliphatic carbocycles. The van der Waals surface area contributed by atoms with Crippen LogP contribution in [-0.2, 0) is 65.8 Å². The standard InChI is InChI=1S/2C22H22F3N5O3.C21H20F3N5O3.C19H18F3N5O3/c1-20(32)12-33-7-6-21(20,17-5-4-15(9-26-17)22(23,24)25)29-19(31)16-10-28-30-11-14(13-2-3-13)8-27-18(16)30;1-12-18(19-27-8-14(13-2-3-13)10-30(19)29-12)20(32)28-21(6-7-33-11-17(21)31)16-5-4-15(9-26-16)22(23,24)25;22-21(23,24)14-3-4-16(25-8-14)20(5-6-32-11-17(20)30)28-19(31)15-9-27-29-10-13(12-1-2-12)7-26-18(15)29;1-11-6-24-16-13(8-25-27(16)9-11)17(29)26-18(4-5-30-10-15(18)28)14-3-2-12(7-23-14)19(20,21)22/h4-5,8-11,13,32H,2-3,6-7,12H2,1H3,(H,29,31);4-5,8-10,13,17,31H,2-3,6-7,11H2,1H3,(H,28,32);3-4,7-10,12,17,30H,1-2,5-6,11H2,(H,28,31);2-3,6-9,15,28H,4-5,10H2,1H3,(H,26,29). The average molecular weight is 1790 g/mol. The zero-order valence-corrected chi connectivity index (χ0v) is 68.2. The molecule has 12 aromatic heterocycles. The van der Waals surface area contributed by atoms with Crippen LogP contribution in [0.5, 0.6) is 0 Å². The number of aromatic nitrogens is 16.